The molecule has 6 nitrogen and oxygen atoms in total. The second-order valence-electron chi connectivity index (χ2n) is 21.8. The van der Waals surface area contributed by atoms with Crippen LogP contribution in [0.5, 0.6) is 11.5 Å². The average Bonchev–Trinajstić information content (AvgIpc) is 3.17. The van der Waals surface area contributed by atoms with Gasteiger partial charge in [0.1, 0.15) is 11.5 Å². The predicted octanol–water partition coefficient (Wildman–Crippen LogP) is 18.0. The van der Waals surface area contributed by atoms with Crippen molar-refractivity contribution >= 4 is 30.9 Å². The van der Waals surface area contributed by atoms with E-state index in [4.69, 9.17) is 29.8 Å². The number of hydrogen-bond acceptors (Lipinski definition) is 6. The highest BCUT2D eigenvalue weighted by Crippen LogP contribution is 2.54. The Hall–Kier alpha value is -2.30. The molecule has 62 heavy (non-hydrogen) atoms. The molecule has 0 aromatic heterocycles. The first-order valence-corrected chi connectivity index (χ1v) is 26.6. The lowest BCUT2D eigenvalue weighted by atomic mass is 9.78. The van der Waals surface area contributed by atoms with Gasteiger partial charge in [-0.25, -0.2) is 9.59 Å². The van der Waals surface area contributed by atoms with Gasteiger partial charge in [-0.1, -0.05) is 213 Å². The first-order valence-electron chi connectivity index (χ1n) is 24.6. The summed E-state index contributed by atoms with van der Waals surface area (Å²) < 4.78 is 25.2. The fraction of sp³-hybridized carbons (Fsp3) is 0.741. The number of carbonyl (C=O) groups is 2. The lowest BCUT2D eigenvalue weighted by molar-refractivity contribution is 0.0488. The summed E-state index contributed by atoms with van der Waals surface area (Å²) in [7, 11) is -2.04. The molecule has 0 saturated heterocycles. The molecule has 0 aliphatic rings. The number of hydrogen-bond donors (Lipinski definition) is 0. The second-order valence-corrected chi connectivity index (χ2v) is 23.5. The molecule has 0 aliphatic heterocycles. The smallest absolute Gasteiger partial charge is 0.401 e. The van der Waals surface area contributed by atoms with Gasteiger partial charge in [-0.2, -0.15) is 0 Å². The SMILES string of the molecule is CCCCCCCCCCCCOC(=O)c1cc(C(C)(C)C)c(OP(Cl)Oc2c(C(C)(C)C)cc(C(=O)OCCCCCCCCCCCC)cc2C(C)(C)C)c(C(C)(C)C)c1. The molecule has 2 aromatic carbocycles. The average molecular weight is 902 g/mol. The van der Waals surface area contributed by atoms with Crippen LogP contribution in [-0.2, 0) is 31.1 Å². The van der Waals surface area contributed by atoms with Crippen molar-refractivity contribution in [1.29, 1.82) is 0 Å². The van der Waals surface area contributed by atoms with Crippen LogP contribution in [0.25, 0.3) is 0 Å². The summed E-state index contributed by atoms with van der Waals surface area (Å²) in [5.41, 5.74) is 2.91. The normalized spacial score (nSPS) is 12.5. The second kappa shape index (κ2) is 27.2. The van der Waals surface area contributed by atoms with Gasteiger partial charge in [-0.15, -0.1) is 0 Å². The number of benzene rings is 2. The van der Waals surface area contributed by atoms with Crippen LogP contribution in [0.3, 0.4) is 0 Å². The summed E-state index contributed by atoms with van der Waals surface area (Å²) in [6.45, 7) is 30.7. The highest BCUT2D eigenvalue weighted by atomic mass is 35.7. The first-order chi connectivity index (χ1) is 29.0. The number of halogens is 1. The van der Waals surface area contributed by atoms with E-state index >= 15 is 0 Å². The third kappa shape index (κ3) is 20.3. The molecule has 0 atom stereocenters. The van der Waals surface area contributed by atoms with E-state index in [2.05, 4.69) is 96.9 Å². The van der Waals surface area contributed by atoms with Gasteiger partial charge in [0.2, 0.25) is 0 Å². The zero-order valence-corrected chi connectivity index (χ0v) is 43.8. The molecule has 2 aromatic rings. The van der Waals surface area contributed by atoms with E-state index in [9.17, 15) is 9.59 Å². The topological polar surface area (TPSA) is 71.1 Å². The third-order valence-electron chi connectivity index (χ3n) is 11.7. The molecule has 0 fully saturated rings. The minimum atomic E-state index is -2.04. The molecule has 2 rings (SSSR count). The fourth-order valence-corrected chi connectivity index (χ4v) is 8.89. The van der Waals surface area contributed by atoms with Crippen molar-refractivity contribution in [3.63, 3.8) is 0 Å². The minimum Gasteiger partial charge on any atom is -0.462 e. The molecule has 0 saturated carbocycles. The summed E-state index contributed by atoms with van der Waals surface area (Å²) in [5, 5.41) is 0. The monoisotopic (exact) mass is 901 g/mol. The predicted molar refractivity (Wildman–Crippen MR) is 266 cm³/mol. The van der Waals surface area contributed by atoms with Crippen LogP contribution in [-0.4, -0.2) is 25.2 Å². The molecule has 0 bridgehead atoms. The summed E-state index contributed by atoms with van der Waals surface area (Å²) in [4.78, 5) is 27.2. The third-order valence-corrected chi connectivity index (χ3v) is 12.7. The molecule has 354 valence electrons. The standard InChI is InChI=1S/C54H90ClO6P/c1-15-17-19-21-23-25-27-29-31-33-35-58-49(56)41-37-43(51(3,4)5)47(44(38-41)52(6,7)8)60-62(55)61-48-45(53(9,10)11)39-42(40-46(48)54(12,13)14)50(57)59-36-34-32-30-28-26-24-22-20-18-16-2/h37-40H,15-36H2,1-14H3. The molecule has 0 aliphatic carbocycles. The summed E-state index contributed by atoms with van der Waals surface area (Å²) in [5.74, 6) is 0.609. The largest absolute Gasteiger partial charge is 0.462 e. The lowest BCUT2D eigenvalue weighted by Crippen LogP contribution is -2.22. The highest BCUT2D eigenvalue weighted by molar-refractivity contribution is 7.76. The maximum atomic E-state index is 13.6. The van der Waals surface area contributed by atoms with Gasteiger partial charge in [-0.3, -0.25) is 0 Å². The van der Waals surface area contributed by atoms with E-state index in [1.54, 1.807) is 0 Å². The van der Waals surface area contributed by atoms with Gasteiger partial charge >= 0.3 is 19.7 Å². The Bertz CT molecular complexity index is 1430. The van der Waals surface area contributed by atoms with Crippen molar-refractivity contribution in [3.05, 3.63) is 57.6 Å². The Morgan fingerprint density at radius 3 is 0.871 bits per heavy atom. The molecular weight excluding hydrogens is 811 g/mol. The van der Waals surface area contributed by atoms with Crippen LogP contribution >= 0.6 is 19.0 Å². The van der Waals surface area contributed by atoms with Crippen LogP contribution in [0.15, 0.2) is 24.3 Å². The molecule has 0 unspecified atom stereocenters. The Kier molecular flexibility index (Phi) is 24.5. The number of esters is 2. The van der Waals surface area contributed by atoms with Crippen molar-refractivity contribution in [1.82, 2.24) is 0 Å². The molecule has 0 amide bonds. The lowest BCUT2D eigenvalue weighted by Gasteiger charge is -2.33. The van der Waals surface area contributed by atoms with Crippen molar-refractivity contribution in [2.75, 3.05) is 13.2 Å². The minimum absolute atomic E-state index is 0.320. The maximum absolute atomic E-state index is 13.6. The van der Waals surface area contributed by atoms with E-state index in [0.717, 1.165) is 47.9 Å². The Balaban J connectivity index is 2.28. The van der Waals surface area contributed by atoms with Gasteiger partial charge in [0.15, 0.2) is 0 Å². The van der Waals surface area contributed by atoms with Crippen LogP contribution in [0.4, 0.5) is 0 Å². The zero-order valence-electron chi connectivity index (χ0n) is 42.1. The van der Waals surface area contributed by atoms with Gasteiger partial charge in [-0.05, 0) is 70.0 Å². The van der Waals surface area contributed by atoms with Crippen LogP contribution in [0.2, 0.25) is 0 Å². The van der Waals surface area contributed by atoms with Crippen molar-refractivity contribution < 1.29 is 28.1 Å². The maximum Gasteiger partial charge on any atom is 0.401 e. The number of ether oxygens (including phenoxy) is 2. The Labute approximate surface area is 386 Å². The highest BCUT2D eigenvalue weighted by Gasteiger charge is 2.35. The van der Waals surface area contributed by atoms with Gasteiger partial charge < -0.3 is 18.5 Å². The van der Waals surface area contributed by atoms with Gasteiger partial charge in [0.25, 0.3) is 0 Å². The van der Waals surface area contributed by atoms with Crippen LogP contribution < -0.4 is 9.05 Å². The fourth-order valence-electron chi connectivity index (χ4n) is 7.76. The number of unbranched alkanes of at least 4 members (excludes halogenated alkanes) is 18. The van der Waals surface area contributed by atoms with Crippen LogP contribution in [0, 0.1) is 0 Å². The first kappa shape index (κ1) is 55.8. The summed E-state index contributed by atoms with van der Waals surface area (Å²) in [6, 6.07) is 7.62. The molecule has 0 spiro atoms. The van der Waals surface area contributed by atoms with Gasteiger partial charge in [0, 0.05) is 22.3 Å². The molecule has 0 N–H and O–H groups in total. The molecular formula is C54H90ClO6P. The van der Waals surface area contributed by atoms with Crippen molar-refractivity contribution in [3.8, 4) is 11.5 Å². The quantitative estimate of drug-likeness (QED) is 0.0481. The molecule has 0 radical (unpaired) electrons. The molecule has 0 heterocycles. The van der Waals surface area contributed by atoms with Crippen molar-refractivity contribution in [2.24, 2.45) is 0 Å². The van der Waals surface area contributed by atoms with Crippen molar-refractivity contribution in [2.45, 2.75) is 247 Å². The zero-order chi connectivity index (χ0) is 46.6. The van der Waals surface area contributed by atoms with E-state index in [-0.39, 0.29) is 11.9 Å². The summed E-state index contributed by atoms with van der Waals surface area (Å²) in [6.07, 6.45) is 24.5. The van der Waals surface area contributed by atoms with Crippen LogP contribution in [0.1, 0.15) is 268 Å². The van der Waals surface area contributed by atoms with E-state index in [1.807, 2.05) is 24.3 Å². The van der Waals surface area contributed by atoms with E-state index in [1.165, 1.54) is 103 Å². The summed E-state index contributed by atoms with van der Waals surface area (Å²) >= 11 is 7.20. The molecule has 8 heteroatoms. The number of rotatable bonds is 28. The van der Waals surface area contributed by atoms with E-state index < -0.39 is 29.4 Å². The Morgan fingerprint density at radius 2 is 0.645 bits per heavy atom. The van der Waals surface area contributed by atoms with E-state index in [0.29, 0.717) is 35.8 Å². The van der Waals surface area contributed by atoms with Gasteiger partial charge in [0.05, 0.1) is 24.3 Å². The Morgan fingerprint density at radius 1 is 0.419 bits per heavy atom. The number of carbonyl (C=O) groups excluding carboxylic acids is 2.